The van der Waals surface area contributed by atoms with Crippen molar-refractivity contribution in [1.82, 2.24) is 10.2 Å². The third kappa shape index (κ3) is 3.71. The van der Waals surface area contributed by atoms with Crippen molar-refractivity contribution >= 4 is 5.91 Å². The van der Waals surface area contributed by atoms with Gasteiger partial charge in [0.1, 0.15) is 0 Å². The van der Waals surface area contributed by atoms with E-state index in [9.17, 15) is 4.79 Å². The highest BCUT2D eigenvalue weighted by Crippen LogP contribution is 2.27. The van der Waals surface area contributed by atoms with Crippen LogP contribution in [-0.2, 0) is 4.79 Å². The Morgan fingerprint density at radius 2 is 1.89 bits per heavy atom. The highest BCUT2D eigenvalue weighted by Gasteiger charge is 2.26. The summed E-state index contributed by atoms with van der Waals surface area (Å²) in [5, 5.41) is 3.47. The summed E-state index contributed by atoms with van der Waals surface area (Å²) in [5.41, 5.74) is 0. The highest BCUT2D eigenvalue weighted by molar-refractivity contribution is 5.76. The van der Waals surface area contributed by atoms with Crippen molar-refractivity contribution in [2.24, 2.45) is 5.92 Å². The van der Waals surface area contributed by atoms with Gasteiger partial charge in [-0.1, -0.05) is 13.3 Å². The van der Waals surface area contributed by atoms with Crippen LogP contribution in [0.1, 0.15) is 58.3 Å². The number of nitrogens with one attached hydrogen (secondary N) is 1. The van der Waals surface area contributed by atoms with Crippen LogP contribution in [0, 0.1) is 5.92 Å². The summed E-state index contributed by atoms with van der Waals surface area (Å²) < 4.78 is 0. The van der Waals surface area contributed by atoms with Gasteiger partial charge in [0.05, 0.1) is 0 Å². The molecular weight excluding hydrogens is 224 g/mol. The predicted molar refractivity (Wildman–Crippen MR) is 74.4 cm³/mol. The Morgan fingerprint density at radius 1 is 1.17 bits per heavy atom. The maximum atomic E-state index is 12.3. The molecule has 1 aliphatic heterocycles. The molecule has 104 valence electrons. The number of carbonyl (C=O) groups excluding carboxylic acids is 1. The standard InChI is InChI=1S/C15H28N2O/c1-12-6-8-14(9-7-12)17(2)15(18)11-13-5-3-4-10-16-13/h12-14,16H,3-11H2,1-2H3. The van der Waals surface area contributed by atoms with Gasteiger partial charge in [0, 0.05) is 25.6 Å². The molecule has 2 fully saturated rings. The number of amides is 1. The zero-order valence-corrected chi connectivity index (χ0v) is 12.0. The zero-order valence-electron chi connectivity index (χ0n) is 12.0. The third-order valence-electron chi connectivity index (χ3n) is 4.76. The van der Waals surface area contributed by atoms with Crippen LogP contribution in [0.5, 0.6) is 0 Å². The van der Waals surface area contributed by atoms with E-state index in [0.29, 0.717) is 24.4 Å². The zero-order chi connectivity index (χ0) is 13.0. The summed E-state index contributed by atoms with van der Waals surface area (Å²) in [5.74, 6) is 1.19. The molecule has 1 saturated heterocycles. The van der Waals surface area contributed by atoms with Crippen LogP contribution >= 0.6 is 0 Å². The van der Waals surface area contributed by atoms with E-state index in [2.05, 4.69) is 12.2 Å². The Hall–Kier alpha value is -0.570. The van der Waals surface area contributed by atoms with Crippen LogP contribution in [0.2, 0.25) is 0 Å². The molecular formula is C15H28N2O. The Kier molecular flexibility index (Phi) is 5.04. The number of piperidine rings is 1. The monoisotopic (exact) mass is 252 g/mol. The van der Waals surface area contributed by atoms with Crippen LogP contribution < -0.4 is 5.32 Å². The molecule has 2 aliphatic rings. The normalized spacial score (nSPS) is 33.1. The Morgan fingerprint density at radius 3 is 2.50 bits per heavy atom. The minimum atomic E-state index is 0.342. The molecule has 0 aromatic heterocycles. The summed E-state index contributed by atoms with van der Waals surface area (Å²) in [6, 6.07) is 0.925. The number of rotatable bonds is 3. The number of hydrogen-bond donors (Lipinski definition) is 1. The van der Waals surface area contributed by atoms with Crippen molar-refractivity contribution in [3.8, 4) is 0 Å². The first kappa shape index (κ1) is 13.9. The van der Waals surface area contributed by atoms with E-state index in [-0.39, 0.29) is 0 Å². The summed E-state index contributed by atoms with van der Waals surface area (Å²) >= 11 is 0. The van der Waals surface area contributed by atoms with Gasteiger partial charge in [-0.25, -0.2) is 0 Å². The maximum Gasteiger partial charge on any atom is 0.224 e. The van der Waals surface area contributed by atoms with Gasteiger partial charge >= 0.3 is 0 Å². The molecule has 1 atom stereocenters. The molecule has 1 amide bonds. The molecule has 3 nitrogen and oxygen atoms in total. The van der Waals surface area contributed by atoms with E-state index in [1.807, 2.05) is 11.9 Å². The van der Waals surface area contributed by atoms with E-state index in [4.69, 9.17) is 0 Å². The van der Waals surface area contributed by atoms with Gasteiger partial charge in [0.25, 0.3) is 0 Å². The second kappa shape index (κ2) is 6.55. The van der Waals surface area contributed by atoms with Gasteiger partial charge in [-0.3, -0.25) is 4.79 Å². The van der Waals surface area contributed by atoms with Crippen LogP contribution in [0.4, 0.5) is 0 Å². The average molecular weight is 252 g/mol. The largest absolute Gasteiger partial charge is 0.343 e. The van der Waals surface area contributed by atoms with Crippen molar-refractivity contribution < 1.29 is 4.79 Å². The summed E-state index contributed by atoms with van der Waals surface area (Å²) in [6.07, 6.45) is 9.36. The Balaban J connectivity index is 1.77. The molecule has 1 saturated carbocycles. The van der Waals surface area contributed by atoms with Gasteiger partial charge in [-0.2, -0.15) is 0 Å². The fourth-order valence-corrected chi connectivity index (χ4v) is 3.29. The molecule has 18 heavy (non-hydrogen) atoms. The topological polar surface area (TPSA) is 32.3 Å². The molecule has 2 rings (SSSR count). The summed E-state index contributed by atoms with van der Waals surface area (Å²) in [4.78, 5) is 14.3. The average Bonchev–Trinajstić information content (AvgIpc) is 2.40. The van der Waals surface area contributed by atoms with Crippen LogP contribution in [0.25, 0.3) is 0 Å². The molecule has 0 aromatic rings. The van der Waals surface area contributed by atoms with Crippen molar-refractivity contribution in [2.45, 2.75) is 70.4 Å². The molecule has 3 heteroatoms. The van der Waals surface area contributed by atoms with E-state index in [0.717, 1.165) is 12.5 Å². The van der Waals surface area contributed by atoms with Gasteiger partial charge in [0.15, 0.2) is 0 Å². The lowest BCUT2D eigenvalue weighted by Gasteiger charge is -2.35. The molecule has 1 unspecified atom stereocenters. The predicted octanol–water partition coefficient (Wildman–Crippen LogP) is 2.56. The van der Waals surface area contributed by atoms with Crippen molar-refractivity contribution in [1.29, 1.82) is 0 Å². The first-order chi connectivity index (χ1) is 8.66. The molecule has 0 bridgehead atoms. The van der Waals surface area contributed by atoms with E-state index in [1.165, 1.54) is 44.9 Å². The van der Waals surface area contributed by atoms with Crippen LogP contribution in [0.15, 0.2) is 0 Å². The lowest BCUT2D eigenvalue weighted by Crippen LogP contribution is -2.43. The molecule has 0 aromatic carbocycles. The molecule has 1 N–H and O–H groups in total. The lowest BCUT2D eigenvalue weighted by atomic mass is 9.86. The van der Waals surface area contributed by atoms with Crippen molar-refractivity contribution in [3.05, 3.63) is 0 Å². The second-order valence-corrected chi connectivity index (χ2v) is 6.27. The Labute approximate surface area is 111 Å². The fraction of sp³-hybridized carbons (Fsp3) is 0.933. The minimum absolute atomic E-state index is 0.342. The van der Waals surface area contributed by atoms with Gasteiger partial charge in [-0.05, 0) is 51.0 Å². The lowest BCUT2D eigenvalue weighted by molar-refractivity contribution is -0.133. The smallest absolute Gasteiger partial charge is 0.224 e. The molecule has 0 spiro atoms. The van der Waals surface area contributed by atoms with Crippen molar-refractivity contribution in [3.63, 3.8) is 0 Å². The fourth-order valence-electron chi connectivity index (χ4n) is 3.29. The number of carbonyl (C=O) groups is 1. The molecule has 1 heterocycles. The van der Waals surface area contributed by atoms with Crippen LogP contribution in [0.3, 0.4) is 0 Å². The second-order valence-electron chi connectivity index (χ2n) is 6.27. The SMILES string of the molecule is CC1CCC(N(C)C(=O)CC2CCCCN2)CC1. The quantitative estimate of drug-likeness (QED) is 0.837. The minimum Gasteiger partial charge on any atom is -0.343 e. The number of nitrogens with zero attached hydrogens (tertiary/aromatic N) is 1. The van der Waals surface area contributed by atoms with E-state index < -0.39 is 0 Å². The highest BCUT2D eigenvalue weighted by atomic mass is 16.2. The van der Waals surface area contributed by atoms with Gasteiger partial charge in [-0.15, -0.1) is 0 Å². The summed E-state index contributed by atoms with van der Waals surface area (Å²) in [6.45, 7) is 3.41. The Bertz CT molecular complexity index is 266. The first-order valence-corrected chi connectivity index (χ1v) is 7.66. The molecule has 1 aliphatic carbocycles. The van der Waals surface area contributed by atoms with Crippen molar-refractivity contribution in [2.75, 3.05) is 13.6 Å². The maximum absolute atomic E-state index is 12.3. The number of hydrogen-bond acceptors (Lipinski definition) is 2. The van der Waals surface area contributed by atoms with Gasteiger partial charge < -0.3 is 10.2 Å². The third-order valence-corrected chi connectivity index (χ3v) is 4.76. The summed E-state index contributed by atoms with van der Waals surface area (Å²) in [7, 11) is 2.01. The van der Waals surface area contributed by atoms with E-state index >= 15 is 0 Å². The van der Waals surface area contributed by atoms with Gasteiger partial charge in [0.2, 0.25) is 5.91 Å². The van der Waals surface area contributed by atoms with Crippen LogP contribution in [-0.4, -0.2) is 36.5 Å². The first-order valence-electron chi connectivity index (χ1n) is 7.66. The molecule has 0 radical (unpaired) electrons. The van der Waals surface area contributed by atoms with E-state index in [1.54, 1.807) is 0 Å².